The van der Waals surface area contributed by atoms with Crippen LogP contribution >= 0.6 is 11.6 Å². The standard InChI is InChI=1S/C16H26ClN3O/c1-13(21)14-4-5-16(15(17)12-14)20-10-8-19(9-11-20)7-6-18(2)3/h4-5,12-13,21H,6-11H2,1-3H3. The molecular weight excluding hydrogens is 286 g/mol. The highest BCUT2D eigenvalue weighted by Crippen LogP contribution is 2.29. The van der Waals surface area contributed by atoms with Gasteiger partial charge in [-0.25, -0.2) is 0 Å². The Morgan fingerprint density at radius 1 is 1.24 bits per heavy atom. The van der Waals surface area contributed by atoms with E-state index in [0.29, 0.717) is 0 Å². The SMILES string of the molecule is CC(O)c1ccc(N2CCN(CCN(C)C)CC2)c(Cl)c1. The summed E-state index contributed by atoms with van der Waals surface area (Å²) >= 11 is 6.37. The normalized spacial score (nSPS) is 18.3. The van der Waals surface area contributed by atoms with Crippen LogP contribution in [0.25, 0.3) is 0 Å². The average molecular weight is 312 g/mol. The number of hydrogen-bond donors (Lipinski definition) is 1. The van der Waals surface area contributed by atoms with Gasteiger partial charge in [-0.2, -0.15) is 0 Å². The van der Waals surface area contributed by atoms with Gasteiger partial charge in [0.25, 0.3) is 0 Å². The molecular formula is C16H26ClN3O. The highest BCUT2D eigenvalue weighted by Gasteiger charge is 2.19. The van der Waals surface area contributed by atoms with Crippen LogP contribution in [0.1, 0.15) is 18.6 Å². The molecule has 1 aromatic rings. The Bertz CT molecular complexity index is 457. The number of benzene rings is 1. The van der Waals surface area contributed by atoms with E-state index in [-0.39, 0.29) is 0 Å². The van der Waals surface area contributed by atoms with E-state index < -0.39 is 6.10 Å². The molecule has 0 spiro atoms. The van der Waals surface area contributed by atoms with Crippen LogP contribution in [0.3, 0.4) is 0 Å². The molecule has 0 aromatic heterocycles. The Morgan fingerprint density at radius 2 is 1.90 bits per heavy atom. The quantitative estimate of drug-likeness (QED) is 0.902. The molecule has 1 aliphatic heterocycles. The molecule has 1 saturated heterocycles. The molecule has 2 rings (SSSR count). The number of anilines is 1. The van der Waals surface area contributed by atoms with E-state index in [2.05, 4.69) is 28.8 Å². The van der Waals surface area contributed by atoms with E-state index in [1.807, 2.05) is 18.2 Å². The van der Waals surface area contributed by atoms with E-state index in [9.17, 15) is 5.11 Å². The summed E-state index contributed by atoms with van der Waals surface area (Å²) in [6.45, 7) is 8.13. The third-order valence-corrected chi connectivity index (χ3v) is 4.33. The lowest BCUT2D eigenvalue weighted by molar-refractivity contribution is 0.199. The van der Waals surface area contributed by atoms with Crippen LogP contribution in [0.5, 0.6) is 0 Å². The number of likely N-dealkylation sites (N-methyl/N-ethyl adjacent to an activating group) is 1. The number of aliphatic hydroxyl groups is 1. The van der Waals surface area contributed by atoms with Crippen LogP contribution in [-0.2, 0) is 0 Å². The van der Waals surface area contributed by atoms with Crippen LogP contribution in [0.4, 0.5) is 5.69 Å². The molecule has 1 fully saturated rings. The van der Waals surface area contributed by atoms with Crippen LogP contribution in [0.15, 0.2) is 18.2 Å². The first-order chi connectivity index (χ1) is 9.97. The Morgan fingerprint density at radius 3 is 2.43 bits per heavy atom. The van der Waals surface area contributed by atoms with Gasteiger partial charge in [-0.05, 0) is 38.7 Å². The van der Waals surface area contributed by atoms with Crippen molar-refractivity contribution in [3.05, 3.63) is 28.8 Å². The minimum atomic E-state index is -0.473. The molecule has 1 N–H and O–H groups in total. The minimum Gasteiger partial charge on any atom is -0.389 e. The van der Waals surface area contributed by atoms with Gasteiger partial charge in [0.15, 0.2) is 0 Å². The van der Waals surface area contributed by atoms with Gasteiger partial charge in [-0.15, -0.1) is 0 Å². The molecule has 0 aliphatic carbocycles. The Labute approximate surface area is 132 Å². The Balaban J connectivity index is 1.93. The van der Waals surface area contributed by atoms with Gasteiger partial charge in [0, 0.05) is 39.3 Å². The summed E-state index contributed by atoms with van der Waals surface area (Å²) in [5, 5.41) is 10.3. The first-order valence-electron chi connectivity index (χ1n) is 7.57. The zero-order valence-corrected chi connectivity index (χ0v) is 14.0. The van der Waals surface area contributed by atoms with Gasteiger partial charge in [0.2, 0.25) is 0 Å². The smallest absolute Gasteiger partial charge is 0.0762 e. The van der Waals surface area contributed by atoms with Crippen LogP contribution in [0, 0.1) is 0 Å². The van der Waals surface area contributed by atoms with Gasteiger partial charge in [-0.1, -0.05) is 17.7 Å². The van der Waals surface area contributed by atoms with E-state index >= 15 is 0 Å². The summed E-state index contributed by atoms with van der Waals surface area (Å²) in [7, 11) is 4.22. The zero-order chi connectivity index (χ0) is 15.4. The van der Waals surface area contributed by atoms with Crippen LogP contribution in [0.2, 0.25) is 5.02 Å². The van der Waals surface area contributed by atoms with E-state index in [1.165, 1.54) is 0 Å². The van der Waals surface area contributed by atoms with E-state index in [0.717, 1.165) is 55.5 Å². The molecule has 5 heteroatoms. The molecule has 0 bridgehead atoms. The van der Waals surface area contributed by atoms with Gasteiger partial charge < -0.3 is 14.9 Å². The molecule has 1 heterocycles. The molecule has 1 aromatic carbocycles. The molecule has 0 saturated carbocycles. The molecule has 1 atom stereocenters. The molecule has 118 valence electrons. The summed E-state index contributed by atoms with van der Waals surface area (Å²) in [4.78, 5) is 7.05. The number of aliphatic hydroxyl groups excluding tert-OH is 1. The first kappa shape index (κ1) is 16.6. The van der Waals surface area contributed by atoms with Gasteiger partial charge >= 0.3 is 0 Å². The summed E-state index contributed by atoms with van der Waals surface area (Å²) < 4.78 is 0. The van der Waals surface area contributed by atoms with Crippen LogP contribution in [-0.4, -0.2) is 68.3 Å². The number of rotatable bonds is 5. The predicted molar refractivity (Wildman–Crippen MR) is 89.3 cm³/mol. The Kier molecular flexibility index (Phi) is 5.88. The maximum absolute atomic E-state index is 9.61. The van der Waals surface area contributed by atoms with Crippen molar-refractivity contribution in [1.82, 2.24) is 9.80 Å². The molecule has 21 heavy (non-hydrogen) atoms. The fourth-order valence-electron chi connectivity index (χ4n) is 2.59. The third kappa shape index (κ3) is 4.58. The summed E-state index contributed by atoms with van der Waals surface area (Å²) in [5.74, 6) is 0. The van der Waals surface area contributed by atoms with Crippen molar-refractivity contribution < 1.29 is 5.11 Å². The number of hydrogen-bond acceptors (Lipinski definition) is 4. The molecule has 4 nitrogen and oxygen atoms in total. The van der Waals surface area contributed by atoms with Crippen molar-refractivity contribution in [2.45, 2.75) is 13.0 Å². The first-order valence-corrected chi connectivity index (χ1v) is 7.94. The maximum atomic E-state index is 9.61. The lowest BCUT2D eigenvalue weighted by atomic mass is 10.1. The lowest BCUT2D eigenvalue weighted by Gasteiger charge is -2.37. The number of halogens is 1. The number of piperazine rings is 1. The minimum absolute atomic E-state index is 0.473. The molecule has 0 radical (unpaired) electrons. The zero-order valence-electron chi connectivity index (χ0n) is 13.2. The van der Waals surface area contributed by atoms with Gasteiger partial charge in [0.05, 0.1) is 16.8 Å². The third-order valence-electron chi connectivity index (χ3n) is 4.03. The fraction of sp³-hybridized carbons (Fsp3) is 0.625. The van der Waals surface area contributed by atoms with Crippen molar-refractivity contribution in [1.29, 1.82) is 0 Å². The monoisotopic (exact) mass is 311 g/mol. The van der Waals surface area contributed by atoms with Crippen molar-refractivity contribution in [3.63, 3.8) is 0 Å². The largest absolute Gasteiger partial charge is 0.389 e. The molecule has 0 amide bonds. The average Bonchev–Trinajstić information content (AvgIpc) is 2.45. The van der Waals surface area contributed by atoms with Crippen molar-refractivity contribution in [2.24, 2.45) is 0 Å². The maximum Gasteiger partial charge on any atom is 0.0762 e. The van der Waals surface area contributed by atoms with Crippen molar-refractivity contribution in [3.8, 4) is 0 Å². The number of nitrogens with zero attached hydrogens (tertiary/aromatic N) is 3. The van der Waals surface area contributed by atoms with E-state index in [1.54, 1.807) is 6.92 Å². The summed E-state index contributed by atoms with van der Waals surface area (Å²) in [5.41, 5.74) is 1.95. The van der Waals surface area contributed by atoms with E-state index in [4.69, 9.17) is 11.6 Å². The topological polar surface area (TPSA) is 30.0 Å². The van der Waals surface area contributed by atoms with Gasteiger partial charge in [-0.3, -0.25) is 4.90 Å². The highest BCUT2D eigenvalue weighted by atomic mass is 35.5. The second-order valence-electron chi connectivity index (χ2n) is 6.02. The van der Waals surface area contributed by atoms with Crippen LogP contribution < -0.4 is 4.90 Å². The highest BCUT2D eigenvalue weighted by molar-refractivity contribution is 6.33. The van der Waals surface area contributed by atoms with Crippen molar-refractivity contribution in [2.75, 3.05) is 58.3 Å². The Hall–Kier alpha value is -0.810. The molecule has 1 aliphatic rings. The van der Waals surface area contributed by atoms with Crippen molar-refractivity contribution >= 4 is 17.3 Å². The summed E-state index contributed by atoms with van der Waals surface area (Å²) in [6, 6.07) is 5.87. The summed E-state index contributed by atoms with van der Waals surface area (Å²) in [6.07, 6.45) is -0.473. The predicted octanol–water partition coefficient (Wildman–Crippen LogP) is 2.08. The second kappa shape index (κ2) is 7.45. The lowest BCUT2D eigenvalue weighted by Crippen LogP contribution is -2.48. The van der Waals surface area contributed by atoms with Gasteiger partial charge in [0.1, 0.15) is 0 Å². The molecule has 1 unspecified atom stereocenters. The fourth-order valence-corrected chi connectivity index (χ4v) is 2.90. The second-order valence-corrected chi connectivity index (χ2v) is 6.43.